The number of hydrogen-bond donors (Lipinski definition) is 1. The van der Waals surface area contributed by atoms with Gasteiger partial charge in [0.25, 0.3) is 5.91 Å². The lowest BCUT2D eigenvalue weighted by Gasteiger charge is -2.40. The van der Waals surface area contributed by atoms with Gasteiger partial charge in [-0.05, 0) is 37.6 Å². The summed E-state index contributed by atoms with van der Waals surface area (Å²) in [5.74, 6) is -1.27. The minimum Gasteiger partial charge on any atom is -0.480 e. The first-order valence-corrected chi connectivity index (χ1v) is 8.21. The van der Waals surface area contributed by atoms with Crippen molar-refractivity contribution in [2.75, 3.05) is 13.6 Å². The van der Waals surface area contributed by atoms with Crippen molar-refractivity contribution in [1.82, 2.24) is 14.8 Å². The maximum absolute atomic E-state index is 12.5. The van der Waals surface area contributed by atoms with Crippen LogP contribution in [-0.4, -0.2) is 57.4 Å². The lowest BCUT2D eigenvalue weighted by Crippen LogP contribution is -2.54. The summed E-state index contributed by atoms with van der Waals surface area (Å²) in [4.78, 5) is 31.9. The van der Waals surface area contributed by atoms with Crippen molar-refractivity contribution in [3.63, 3.8) is 0 Å². The molecule has 1 aliphatic rings. The fraction of sp³-hybridized carbons (Fsp3) is 0.389. The van der Waals surface area contributed by atoms with Gasteiger partial charge < -0.3 is 14.4 Å². The Balaban J connectivity index is 1.68. The van der Waals surface area contributed by atoms with Crippen molar-refractivity contribution >= 4 is 11.9 Å². The fourth-order valence-electron chi connectivity index (χ4n) is 3.29. The maximum Gasteiger partial charge on any atom is 0.326 e. The third kappa shape index (κ3) is 3.88. The maximum atomic E-state index is 12.5. The number of carboxylic acid groups (broad SMARTS) is 1. The van der Waals surface area contributed by atoms with Gasteiger partial charge in [-0.1, -0.05) is 6.07 Å². The van der Waals surface area contributed by atoms with Gasteiger partial charge in [0.05, 0.1) is 11.8 Å². The predicted octanol–water partition coefficient (Wildman–Crippen LogP) is 1.86. The van der Waals surface area contributed by atoms with E-state index in [0.29, 0.717) is 25.1 Å². The van der Waals surface area contributed by atoms with Gasteiger partial charge in [-0.2, -0.15) is 0 Å². The molecule has 1 amide bonds. The summed E-state index contributed by atoms with van der Waals surface area (Å²) in [6.07, 6.45) is 7.42. The lowest BCUT2D eigenvalue weighted by molar-refractivity contribution is -0.144. The molecule has 3 heterocycles. The zero-order chi connectivity index (χ0) is 17.8. The molecule has 2 atom stereocenters. The minimum absolute atomic E-state index is 0.0923. The first-order valence-electron chi connectivity index (χ1n) is 8.21. The number of nitrogens with zero attached hydrogens (tertiary/aromatic N) is 3. The highest BCUT2D eigenvalue weighted by molar-refractivity contribution is 5.96. The van der Waals surface area contributed by atoms with Crippen molar-refractivity contribution in [2.45, 2.75) is 31.5 Å². The number of furan rings is 1. The molecular weight excluding hydrogens is 322 g/mol. The Morgan fingerprint density at radius 2 is 2.28 bits per heavy atom. The highest BCUT2D eigenvalue weighted by Crippen LogP contribution is 2.24. The molecule has 0 radical (unpaired) electrons. The van der Waals surface area contributed by atoms with E-state index >= 15 is 0 Å². The Kier molecular flexibility index (Phi) is 5.14. The van der Waals surface area contributed by atoms with Crippen LogP contribution in [0.4, 0.5) is 0 Å². The summed E-state index contributed by atoms with van der Waals surface area (Å²) in [6.45, 7) is 1.10. The van der Waals surface area contributed by atoms with E-state index in [0.717, 1.165) is 12.0 Å². The Labute approximate surface area is 145 Å². The average Bonchev–Trinajstić information content (AvgIpc) is 3.16. The van der Waals surface area contributed by atoms with Crippen molar-refractivity contribution in [3.8, 4) is 0 Å². The van der Waals surface area contributed by atoms with Crippen LogP contribution in [0.2, 0.25) is 0 Å². The number of likely N-dealkylation sites (tertiary alicyclic amines) is 1. The summed E-state index contributed by atoms with van der Waals surface area (Å²) in [7, 11) is 1.98. The predicted molar refractivity (Wildman–Crippen MR) is 89.9 cm³/mol. The number of piperidine rings is 1. The van der Waals surface area contributed by atoms with Gasteiger partial charge in [0.15, 0.2) is 0 Å². The monoisotopic (exact) mass is 343 g/mol. The minimum atomic E-state index is -0.976. The van der Waals surface area contributed by atoms with Crippen LogP contribution in [-0.2, 0) is 11.3 Å². The van der Waals surface area contributed by atoms with Gasteiger partial charge in [0.2, 0.25) is 0 Å². The second-order valence-electron chi connectivity index (χ2n) is 6.32. The molecule has 2 aromatic heterocycles. The molecule has 7 nitrogen and oxygen atoms in total. The summed E-state index contributed by atoms with van der Waals surface area (Å²) in [6, 6.07) is 4.69. The van der Waals surface area contributed by atoms with Crippen molar-refractivity contribution in [3.05, 3.63) is 54.2 Å². The van der Waals surface area contributed by atoms with Gasteiger partial charge >= 0.3 is 5.97 Å². The zero-order valence-electron chi connectivity index (χ0n) is 14.0. The van der Waals surface area contributed by atoms with Crippen molar-refractivity contribution < 1.29 is 19.1 Å². The molecule has 0 saturated carbocycles. The van der Waals surface area contributed by atoms with Crippen LogP contribution < -0.4 is 0 Å². The Morgan fingerprint density at radius 3 is 2.92 bits per heavy atom. The molecule has 132 valence electrons. The zero-order valence-corrected chi connectivity index (χ0v) is 14.0. The van der Waals surface area contributed by atoms with Crippen LogP contribution in [0.15, 0.2) is 47.5 Å². The number of carbonyl (C=O) groups excluding carboxylic acids is 1. The van der Waals surface area contributed by atoms with Crippen LogP contribution in [0.3, 0.4) is 0 Å². The molecule has 1 fully saturated rings. The van der Waals surface area contributed by atoms with Gasteiger partial charge in [-0.3, -0.25) is 14.7 Å². The van der Waals surface area contributed by atoms with Crippen molar-refractivity contribution in [1.29, 1.82) is 0 Å². The summed E-state index contributed by atoms with van der Waals surface area (Å²) in [5.41, 5.74) is 1.46. The van der Waals surface area contributed by atoms with Crippen LogP contribution in [0.25, 0.3) is 0 Å². The topological polar surface area (TPSA) is 86.9 Å². The molecule has 25 heavy (non-hydrogen) atoms. The van der Waals surface area contributed by atoms with Crippen molar-refractivity contribution in [2.24, 2.45) is 0 Å². The molecule has 0 aromatic carbocycles. The Bertz CT molecular complexity index is 717. The highest BCUT2D eigenvalue weighted by Gasteiger charge is 2.38. The molecule has 0 aliphatic carbocycles. The number of aliphatic carboxylic acids is 1. The molecule has 0 spiro atoms. The van der Waals surface area contributed by atoms with E-state index in [4.69, 9.17) is 4.42 Å². The molecule has 0 bridgehead atoms. The van der Waals surface area contributed by atoms with E-state index in [1.807, 2.05) is 25.4 Å². The number of carbonyl (C=O) groups is 2. The highest BCUT2D eigenvalue weighted by atomic mass is 16.4. The SMILES string of the molecule is CN(Cc1cccnc1)[C@@H]1CCN(C(=O)c2ccoc2)[C@H](C(=O)O)C1. The number of hydrogen-bond acceptors (Lipinski definition) is 5. The molecule has 1 aliphatic heterocycles. The second kappa shape index (κ2) is 7.48. The van der Waals surface area contributed by atoms with Gasteiger partial charge in [0.1, 0.15) is 12.3 Å². The summed E-state index contributed by atoms with van der Waals surface area (Å²) in [5, 5.41) is 9.60. The van der Waals surface area contributed by atoms with Crippen LogP contribution in [0, 0.1) is 0 Å². The first kappa shape index (κ1) is 17.2. The molecular formula is C18H21N3O4. The Morgan fingerprint density at radius 1 is 1.44 bits per heavy atom. The average molecular weight is 343 g/mol. The normalized spacial score (nSPS) is 20.6. The number of rotatable bonds is 5. The van der Waals surface area contributed by atoms with E-state index in [-0.39, 0.29) is 11.9 Å². The lowest BCUT2D eigenvalue weighted by atomic mass is 9.95. The summed E-state index contributed by atoms with van der Waals surface area (Å²) >= 11 is 0. The molecule has 2 aromatic rings. The standard InChI is InChI=1S/C18H21N3O4/c1-20(11-13-3-2-6-19-10-13)15-4-7-21(16(9-15)18(23)24)17(22)14-5-8-25-12-14/h2-3,5-6,8,10,12,15-16H,4,7,9,11H2,1H3,(H,23,24)/t15-,16+/m1/s1. The van der Waals surface area contributed by atoms with Gasteiger partial charge in [-0.15, -0.1) is 0 Å². The van der Waals surface area contributed by atoms with E-state index in [2.05, 4.69) is 9.88 Å². The molecule has 1 saturated heterocycles. The van der Waals surface area contributed by atoms with E-state index in [1.165, 1.54) is 17.4 Å². The van der Waals surface area contributed by atoms with E-state index < -0.39 is 12.0 Å². The third-order valence-electron chi connectivity index (χ3n) is 4.67. The van der Waals surface area contributed by atoms with E-state index in [9.17, 15) is 14.7 Å². The van der Waals surface area contributed by atoms with Gasteiger partial charge in [-0.25, -0.2) is 4.79 Å². The molecule has 0 unspecified atom stereocenters. The van der Waals surface area contributed by atoms with Crippen LogP contribution >= 0.6 is 0 Å². The van der Waals surface area contributed by atoms with E-state index in [1.54, 1.807) is 12.3 Å². The smallest absolute Gasteiger partial charge is 0.326 e. The van der Waals surface area contributed by atoms with Crippen LogP contribution in [0.1, 0.15) is 28.8 Å². The largest absolute Gasteiger partial charge is 0.480 e. The number of pyridine rings is 1. The number of amides is 1. The Hall–Kier alpha value is -2.67. The number of carboxylic acids is 1. The fourth-order valence-corrected chi connectivity index (χ4v) is 3.29. The van der Waals surface area contributed by atoms with Gasteiger partial charge in [0, 0.05) is 31.5 Å². The molecule has 7 heteroatoms. The third-order valence-corrected chi connectivity index (χ3v) is 4.67. The summed E-state index contributed by atoms with van der Waals surface area (Å²) < 4.78 is 4.94. The molecule has 1 N–H and O–H groups in total. The second-order valence-corrected chi connectivity index (χ2v) is 6.32. The quantitative estimate of drug-likeness (QED) is 0.892. The molecule has 3 rings (SSSR count). The number of aromatic nitrogens is 1. The van der Waals surface area contributed by atoms with Crippen LogP contribution in [0.5, 0.6) is 0 Å². The first-order chi connectivity index (χ1) is 12.1.